The fourth-order valence-corrected chi connectivity index (χ4v) is 1.91. The van der Waals surface area contributed by atoms with Crippen LogP contribution in [0.1, 0.15) is 40.3 Å². The maximum Gasteiger partial charge on any atom is 0.433 e. The van der Waals surface area contributed by atoms with E-state index >= 15 is 0 Å². The molecule has 8 heteroatoms. The normalized spacial score (nSPS) is 13.0. The highest BCUT2D eigenvalue weighted by Gasteiger charge is 2.32. The lowest BCUT2D eigenvalue weighted by Gasteiger charge is -2.14. The van der Waals surface area contributed by atoms with Gasteiger partial charge in [0.15, 0.2) is 0 Å². The van der Waals surface area contributed by atoms with Crippen molar-refractivity contribution in [1.82, 2.24) is 20.1 Å². The molecular formula is C14H15F3N4O. The van der Waals surface area contributed by atoms with Gasteiger partial charge in [-0.1, -0.05) is 6.07 Å². The van der Waals surface area contributed by atoms with Gasteiger partial charge in [-0.2, -0.15) is 18.3 Å². The van der Waals surface area contributed by atoms with Crippen LogP contribution in [0.15, 0.2) is 24.5 Å². The van der Waals surface area contributed by atoms with Crippen molar-refractivity contribution in [2.45, 2.75) is 26.1 Å². The number of nitrogens with zero attached hydrogens (tertiary/aromatic N) is 3. The molecule has 5 nitrogen and oxygen atoms in total. The molecule has 0 saturated carbocycles. The maximum absolute atomic E-state index is 12.5. The van der Waals surface area contributed by atoms with Crippen LogP contribution in [0, 0.1) is 6.92 Å². The van der Waals surface area contributed by atoms with Crippen LogP contribution in [0.2, 0.25) is 0 Å². The van der Waals surface area contributed by atoms with Crippen molar-refractivity contribution in [3.05, 3.63) is 47.0 Å². The van der Waals surface area contributed by atoms with Crippen LogP contribution < -0.4 is 5.32 Å². The lowest BCUT2D eigenvalue weighted by atomic mass is 10.1. The number of aromatic nitrogens is 3. The first-order valence-corrected chi connectivity index (χ1v) is 6.52. The topological polar surface area (TPSA) is 59.8 Å². The molecule has 0 saturated heterocycles. The van der Waals surface area contributed by atoms with E-state index in [9.17, 15) is 18.0 Å². The van der Waals surface area contributed by atoms with E-state index in [-0.39, 0.29) is 5.91 Å². The summed E-state index contributed by atoms with van der Waals surface area (Å²) in [4.78, 5) is 15.5. The van der Waals surface area contributed by atoms with Crippen molar-refractivity contribution in [2.75, 3.05) is 0 Å². The summed E-state index contributed by atoms with van der Waals surface area (Å²) in [6.07, 6.45) is -1.91. The van der Waals surface area contributed by atoms with E-state index in [0.717, 1.165) is 12.3 Å². The first-order valence-electron chi connectivity index (χ1n) is 6.52. The lowest BCUT2D eigenvalue weighted by Crippen LogP contribution is -2.27. The molecule has 0 aromatic carbocycles. The second kappa shape index (κ2) is 5.78. The zero-order valence-corrected chi connectivity index (χ0v) is 12.3. The van der Waals surface area contributed by atoms with Gasteiger partial charge < -0.3 is 5.32 Å². The molecule has 0 fully saturated rings. The van der Waals surface area contributed by atoms with Gasteiger partial charge in [-0.05, 0) is 25.5 Å². The summed E-state index contributed by atoms with van der Waals surface area (Å²) >= 11 is 0. The number of alkyl halides is 3. The van der Waals surface area contributed by atoms with Gasteiger partial charge >= 0.3 is 6.18 Å². The molecule has 1 atom stereocenters. The number of carbonyl (C=O) groups is 1. The van der Waals surface area contributed by atoms with Gasteiger partial charge in [-0.25, -0.2) is 0 Å². The maximum atomic E-state index is 12.5. The Labute approximate surface area is 125 Å². The van der Waals surface area contributed by atoms with Crippen molar-refractivity contribution >= 4 is 5.91 Å². The molecule has 2 aromatic heterocycles. The summed E-state index contributed by atoms with van der Waals surface area (Å²) in [5.74, 6) is -0.335. The first-order chi connectivity index (χ1) is 10.2. The molecule has 2 rings (SSSR count). The van der Waals surface area contributed by atoms with E-state index in [1.54, 1.807) is 25.6 Å². The van der Waals surface area contributed by atoms with Crippen LogP contribution in [0.4, 0.5) is 13.2 Å². The number of hydrogen-bond donors (Lipinski definition) is 1. The zero-order valence-electron chi connectivity index (χ0n) is 12.3. The highest BCUT2D eigenvalue weighted by molar-refractivity contribution is 5.95. The highest BCUT2D eigenvalue weighted by atomic mass is 19.4. The molecule has 0 aliphatic rings. The van der Waals surface area contributed by atoms with Crippen molar-refractivity contribution in [1.29, 1.82) is 0 Å². The number of amides is 1. The molecule has 0 unspecified atom stereocenters. The van der Waals surface area contributed by atoms with E-state index in [2.05, 4.69) is 15.4 Å². The second-order valence-corrected chi connectivity index (χ2v) is 4.94. The van der Waals surface area contributed by atoms with Gasteiger partial charge in [0, 0.05) is 18.9 Å². The fourth-order valence-electron chi connectivity index (χ4n) is 1.91. The minimum absolute atomic E-state index is 0.335. The molecule has 0 aliphatic heterocycles. The van der Waals surface area contributed by atoms with E-state index in [1.807, 2.05) is 0 Å². The number of aryl methyl sites for hydroxylation is 1. The molecule has 0 bridgehead atoms. The smallest absolute Gasteiger partial charge is 0.345 e. The van der Waals surface area contributed by atoms with E-state index < -0.39 is 17.9 Å². The Balaban J connectivity index is 2.10. The molecule has 2 aromatic rings. The fraction of sp³-hybridized carbons (Fsp3) is 0.357. The second-order valence-electron chi connectivity index (χ2n) is 4.94. The molecule has 0 spiro atoms. The summed E-state index contributed by atoms with van der Waals surface area (Å²) in [7, 11) is 1.72. The third-order valence-electron chi connectivity index (χ3n) is 3.40. The van der Waals surface area contributed by atoms with E-state index in [1.165, 1.54) is 12.3 Å². The van der Waals surface area contributed by atoms with Crippen LogP contribution in [-0.4, -0.2) is 20.7 Å². The minimum atomic E-state index is -4.47. The average molecular weight is 312 g/mol. The molecule has 118 valence electrons. The highest BCUT2D eigenvalue weighted by Crippen LogP contribution is 2.27. The minimum Gasteiger partial charge on any atom is -0.345 e. The Hall–Kier alpha value is -2.38. The quantitative estimate of drug-likeness (QED) is 0.948. The Morgan fingerprint density at radius 1 is 1.32 bits per heavy atom. The van der Waals surface area contributed by atoms with Crippen LogP contribution in [-0.2, 0) is 13.2 Å². The Kier molecular flexibility index (Phi) is 4.20. The van der Waals surface area contributed by atoms with Gasteiger partial charge in [0.05, 0.1) is 17.8 Å². The molecular weight excluding hydrogens is 297 g/mol. The molecule has 22 heavy (non-hydrogen) atoms. The first kappa shape index (κ1) is 16.0. The van der Waals surface area contributed by atoms with Gasteiger partial charge in [0.25, 0.3) is 5.91 Å². The van der Waals surface area contributed by atoms with Crippen molar-refractivity contribution in [3.8, 4) is 0 Å². The van der Waals surface area contributed by atoms with Crippen LogP contribution in [0.5, 0.6) is 0 Å². The van der Waals surface area contributed by atoms with Gasteiger partial charge in [0.2, 0.25) is 0 Å². The van der Waals surface area contributed by atoms with Crippen molar-refractivity contribution in [3.63, 3.8) is 0 Å². The number of hydrogen-bond acceptors (Lipinski definition) is 3. The summed E-state index contributed by atoms with van der Waals surface area (Å²) < 4.78 is 38.9. The summed E-state index contributed by atoms with van der Waals surface area (Å²) in [5.41, 5.74) is 0.658. The standard InChI is InChI=1S/C14H15F3N4O/c1-8(10-4-5-12(18-6-10)14(15,16)17)20-13(22)11-7-19-21(3)9(11)2/h4-8H,1-3H3,(H,20,22)/t8-/m0/s1. The molecule has 0 aliphatic carbocycles. The number of pyridine rings is 1. The van der Waals surface area contributed by atoms with Crippen molar-refractivity contribution < 1.29 is 18.0 Å². The lowest BCUT2D eigenvalue weighted by molar-refractivity contribution is -0.141. The Bertz CT molecular complexity index is 676. The third-order valence-corrected chi connectivity index (χ3v) is 3.40. The zero-order chi connectivity index (χ0) is 16.5. The van der Waals surface area contributed by atoms with Crippen LogP contribution in [0.25, 0.3) is 0 Å². The SMILES string of the molecule is Cc1c(C(=O)N[C@@H](C)c2ccc(C(F)(F)F)nc2)cnn1C. The molecule has 1 amide bonds. The number of carbonyl (C=O) groups excluding carboxylic acids is 1. The van der Waals surface area contributed by atoms with Gasteiger partial charge in [-0.15, -0.1) is 0 Å². The molecule has 2 heterocycles. The predicted molar refractivity (Wildman–Crippen MR) is 73.1 cm³/mol. The van der Waals surface area contributed by atoms with Crippen molar-refractivity contribution in [2.24, 2.45) is 7.05 Å². The number of nitrogens with one attached hydrogen (secondary N) is 1. The third kappa shape index (κ3) is 3.26. The Morgan fingerprint density at radius 2 is 2.00 bits per heavy atom. The summed E-state index contributed by atoms with van der Waals surface area (Å²) in [5, 5.41) is 6.69. The summed E-state index contributed by atoms with van der Waals surface area (Å²) in [6, 6.07) is 1.73. The van der Waals surface area contributed by atoms with Gasteiger partial charge in [0.1, 0.15) is 5.69 Å². The van der Waals surface area contributed by atoms with Gasteiger partial charge in [-0.3, -0.25) is 14.5 Å². The number of rotatable bonds is 3. The predicted octanol–water partition coefficient (Wildman–Crippen LogP) is 2.63. The van der Waals surface area contributed by atoms with E-state index in [4.69, 9.17) is 0 Å². The summed E-state index contributed by atoms with van der Waals surface area (Å²) in [6.45, 7) is 3.43. The number of halogens is 3. The van der Waals surface area contributed by atoms with Crippen LogP contribution in [0.3, 0.4) is 0 Å². The van der Waals surface area contributed by atoms with Crippen LogP contribution >= 0.6 is 0 Å². The molecule has 0 radical (unpaired) electrons. The largest absolute Gasteiger partial charge is 0.433 e. The average Bonchev–Trinajstić information content (AvgIpc) is 2.78. The Morgan fingerprint density at radius 3 is 2.45 bits per heavy atom. The molecule has 1 N–H and O–H groups in total. The van der Waals surface area contributed by atoms with E-state index in [0.29, 0.717) is 16.8 Å². The monoisotopic (exact) mass is 312 g/mol.